The second-order valence-corrected chi connectivity index (χ2v) is 11.1. The standard InChI is InChI=1S/C29H29Br2N3O4/c1-19(34-26-15-23(30)24(31)16-27(26)38-18-28(34)35)29(36)32-25(17-33-11-13-37-14-12-33)22-9-7-21(8-10-22)20-5-3-2-4-6-20/h2-10,15-16,19,25H,11-14,17-18H2,1H3,(H,32,36). The number of rotatable bonds is 7. The van der Waals surface area contributed by atoms with E-state index in [4.69, 9.17) is 9.47 Å². The van der Waals surface area contributed by atoms with Crippen molar-refractivity contribution in [3.8, 4) is 16.9 Å². The highest BCUT2D eigenvalue weighted by molar-refractivity contribution is 9.13. The molecule has 2 heterocycles. The van der Waals surface area contributed by atoms with Crippen LogP contribution in [0.3, 0.4) is 0 Å². The molecule has 2 aliphatic rings. The van der Waals surface area contributed by atoms with Gasteiger partial charge in [0.1, 0.15) is 11.8 Å². The number of carbonyl (C=O) groups is 2. The SMILES string of the molecule is CC(C(=O)NC(CN1CCOCC1)c1ccc(-c2ccccc2)cc1)N1C(=O)COc2cc(Br)c(Br)cc21. The van der Waals surface area contributed by atoms with Crippen molar-refractivity contribution >= 4 is 49.4 Å². The molecule has 1 N–H and O–H groups in total. The highest BCUT2D eigenvalue weighted by Crippen LogP contribution is 2.40. The summed E-state index contributed by atoms with van der Waals surface area (Å²) in [5.41, 5.74) is 3.84. The van der Waals surface area contributed by atoms with E-state index < -0.39 is 6.04 Å². The molecule has 3 aromatic rings. The number of carbonyl (C=O) groups excluding carboxylic acids is 2. The van der Waals surface area contributed by atoms with E-state index in [1.54, 1.807) is 19.1 Å². The van der Waals surface area contributed by atoms with Crippen LogP contribution in [0.1, 0.15) is 18.5 Å². The first-order chi connectivity index (χ1) is 18.4. The van der Waals surface area contributed by atoms with Crippen molar-refractivity contribution in [3.05, 3.63) is 81.2 Å². The maximum atomic E-state index is 13.7. The van der Waals surface area contributed by atoms with Gasteiger partial charge in [0.25, 0.3) is 5.91 Å². The molecule has 0 aromatic heterocycles. The number of amides is 2. The highest BCUT2D eigenvalue weighted by atomic mass is 79.9. The zero-order valence-electron chi connectivity index (χ0n) is 21.0. The Hall–Kier alpha value is -2.72. The summed E-state index contributed by atoms with van der Waals surface area (Å²) >= 11 is 6.98. The quantitative estimate of drug-likeness (QED) is 0.385. The molecule has 5 rings (SSSR count). The fourth-order valence-electron chi connectivity index (χ4n) is 4.81. The molecule has 1 saturated heterocycles. The van der Waals surface area contributed by atoms with Gasteiger partial charge in [-0.3, -0.25) is 19.4 Å². The number of hydrogen-bond donors (Lipinski definition) is 1. The van der Waals surface area contributed by atoms with E-state index >= 15 is 0 Å². The van der Waals surface area contributed by atoms with Gasteiger partial charge >= 0.3 is 0 Å². The van der Waals surface area contributed by atoms with E-state index in [9.17, 15) is 9.59 Å². The monoisotopic (exact) mass is 641 g/mol. The van der Waals surface area contributed by atoms with Gasteiger partial charge in [0.05, 0.1) is 24.9 Å². The Balaban J connectivity index is 1.39. The average Bonchev–Trinajstić information content (AvgIpc) is 2.94. The number of nitrogens with one attached hydrogen (secondary N) is 1. The Morgan fingerprint density at radius 1 is 0.974 bits per heavy atom. The molecule has 2 unspecified atom stereocenters. The Morgan fingerprint density at radius 3 is 2.34 bits per heavy atom. The molecule has 3 aromatic carbocycles. The third-order valence-electron chi connectivity index (χ3n) is 6.93. The lowest BCUT2D eigenvalue weighted by Crippen LogP contribution is -2.53. The van der Waals surface area contributed by atoms with Crippen molar-refractivity contribution in [2.24, 2.45) is 0 Å². The van der Waals surface area contributed by atoms with E-state index in [2.05, 4.69) is 78.5 Å². The van der Waals surface area contributed by atoms with Crippen molar-refractivity contribution in [3.63, 3.8) is 0 Å². The molecular formula is C29H29Br2N3O4. The minimum absolute atomic E-state index is 0.114. The summed E-state index contributed by atoms with van der Waals surface area (Å²) in [7, 11) is 0. The third-order valence-corrected chi connectivity index (χ3v) is 8.77. The second kappa shape index (κ2) is 12.0. The number of halogens is 2. The van der Waals surface area contributed by atoms with E-state index in [0.29, 0.717) is 31.2 Å². The molecule has 1 fully saturated rings. The topological polar surface area (TPSA) is 71.1 Å². The van der Waals surface area contributed by atoms with Crippen LogP contribution >= 0.6 is 31.9 Å². The van der Waals surface area contributed by atoms with Gasteiger partial charge in [0.2, 0.25) is 5.91 Å². The third kappa shape index (κ3) is 5.96. The van der Waals surface area contributed by atoms with Crippen LogP contribution in [0.5, 0.6) is 5.75 Å². The molecule has 2 aliphatic heterocycles. The number of benzene rings is 3. The lowest BCUT2D eigenvalue weighted by molar-refractivity contribution is -0.128. The summed E-state index contributed by atoms with van der Waals surface area (Å²) in [5.74, 6) is 0.0719. The fourth-order valence-corrected chi connectivity index (χ4v) is 5.47. The molecule has 0 bridgehead atoms. The average molecular weight is 643 g/mol. The zero-order valence-corrected chi connectivity index (χ0v) is 24.2. The van der Waals surface area contributed by atoms with Crippen LogP contribution in [0.15, 0.2) is 75.7 Å². The Labute approximate surface area is 239 Å². The molecule has 0 radical (unpaired) electrons. The van der Waals surface area contributed by atoms with Crippen molar-refractivity contribution in [1.82, 2.24) is 10.2 Å². The van der Waals surface area contributed by atoms with E-state index in [-0.39, 0.29) is 24.5 Å². The van der Waals surface area contributed by atoms with Gasteiger partial charge in [-0.05, 0) is 67.6 Å². The lowest BCUT2D eigenvalue weighted by Gasteiger charge is -2.35. The minimum Gasteiger partial charge on any atom is -0.482 e. The van der Waals surface area contributed by atoms with Gasteiger partial charge in [-0.1, -0.05) is 54.6 Å². The number of fused-ring (bicyclic) bond motifs is 1. The molecule has 0 spiro atoms. The molecule has 198 valence electrons. The van der Waals surface area contributed by atoms with Gasteiger partial charge in [-0.15, -0.1) is 0 Å². The summed E-state index contributed by atoms with van der Waals surface area (Å²) < 4.78 is 12.7. The lowest BCUT2D eigenvalue weighted by atomic mass is 10.00. The first kappa shape index (κ1) is 26.9. The minimum atomic E-state index is -0.728. The number of morpholine rings is 1. The van der Waals surface area contributed by atoms with Crippen LogP contribution in [0.25, 0.3) is 11.1 Å². The molecule has 0 saturated carbocycles. The van der Waals surface area contributed by atoms with Gasteiger partial charge < -0.3 is 14.8 Å². The maximum absolute atomic E-state index is 13.7. The van der Waals surface area contributed by atoms with Gasteiger partial charge in [-0.25, -0.2) is 0 Å². The number of nitrogens with zero attached hydrogens (tertiary/aromatic N) is 2. The highest BCUT2D eigenvalue weighted by Gasteiger charge is 2.35. The molecule has 0 aliphatic carbocycles. The predicted octanol–water partition coefficient (Wildman–Crippen LogP) is 5.18. The Bertz CT molecular complexity index is 1300. The zero-order chi connectivity index (χ0) is 26.6. The first-order valence-electron chi connectivity index (χ1n) is 12.6. The van der Waals surface area contributed by atoms with Crippen molar-refractivity contribution in [1.29, 1.82) is 0 Å². The second-order valence-electron chi connectivity index (χ2n) is 9.42. The largest absolute Gasteiger partial charge is 0.482 e. The van der Waals surface area contributed by atoms with Crippen molar-refractivity contribution in [2.75, 3.05) is 44.4 Å². The van der Waals surface area contributed by atoms with E-state index in [1.807, 2.05) is 18.2 Å². The van der Waals surface area contributed by atoms with Gasteiger partial charge in [-0.2, -0.15) is 0 Å². The van der Waals surface area contributed by atoms with Crippen molar-refractivity contribution < 1.29 is 19.1 Å². The summed E-state index contributed by atoms with van der Waals surface area (Å²) in [6.07, 6.45) is 0. The van der Waals surface area contributed by atoms with Crippen LogP contribution in [0.2, 0.25) is 0 Å². The number of anilines is 1. The van der Waals surface area contributed by atoms with E-state index in [0.717, 1.165) is 38.7 Å². The number of ether oxygens (including phenoxy) is 2. The van der Waals surface area contributed by atoms with Crippen LogP contribution in [-0.4, -0.2) is 62.2 Å². The predicted molar refractivity (Wildman–Crippen MR) is 154 cm³/mol. The summed E-state index contributed by atoms with van der Waals surface area (Å²) in [5, 5.41) is 3.24. The summed E-state index contributed by atoms with van der Waals surface area (Å²) in [6, 6.07) is 21.2. The normalized spacial score (nSPS) is 17.3. The van der Waals surface area contributed by atoms with Crippen molar-refractivity contribution in [2.45, 2.75) is 19.0 Å². The molecule has 2 amide bonds. The maximum Gasteiger partial charge on any atom is 0.265 e. The first-order valence-corrected chi connectivity index (χ1v) is 14.2. The Kier molecular flexibility index (Phi) is 8.48. The van der Waals surface area contributed by atoms with Gasteiger partial charge in [0.15, 0.2) is 6.61 Å². The van der Waals surface area contributed by atoms with Gasteiger partial charge in [0, 0.05) is 28.6 Å². The van der Waals surface area contributed by atoms with Crippen LogP contribution < -0.4 is 15.0 Å². The van der Waals surface area contributed by atoms with Crippen LogP contribution in [-0.2, 0) is 14.3 Å². The molecule has 38 heavy (non-hydrogen) atoms. The smallest absolute Gasteiger partial charge is 0.265 e. The summed E-state index contributed by atoms with van der Waals surface area (Å²) in [4.78, 5) is 30.4. The molecule has 7 nitrogen and oxygen atoms in total. The fraction of sp³-hybridized carbons (Fsp3) is 0.310. The molecular weight excluding hydrogens is 614 g/mol. The number of hydrogen-bond acceptors (Lipinski definition) is 5. The van der Waals surface area contributed by atoms with E-state index in [1.165, 1.54) is 4.90 Å². The molecule has 9 heteroatoms. The van der Waals surface area contributed by atoms with Crippen LogP contribution in [0.4, 0.5) is 5.69 Å². The molecule has 2 atom stereocenters. The Morgan fingerprint density at radius 2 is 1.63 bits per heavy atom. The summed E-state index contributed by atoms with van der Waals surface area (Å²) in [6.45, 7) is 5.25. The van der Waals surface area contributed by atoms with Crippen LogP contribution in [0, 0.1) is 0 Å².